The molecule has 2 saturated carbocycles. The van der Waals surface area contributed by atoms with Crippen LogP contribution in [0.4, 0.5) is 9.59 Å². The molecule has 2 aromatic carbocycles. The van der Waals surface area contributed by atoms with Crippen LogP contribution in [0.5, 0.6) is 11.5 Å². The van der Waals surface area contributed by atoms with E-state index in [9.17, 15) is 9.59 Å². The van der Waals surface area contributed by atoms with Crippen molar-refractivity contribution in [3.05, 3.63) is 60.7 Å². The van der Waals surface area contributed by atoms with Gasteiger partial charge in [-0.1, -0.05) is 36.4 Å². The molecule has 2 aliphatic carbocycles. The van der Waals surface area contributed by atoms with Gasteiger partial charge in [0.1, 0.15) is 17.6 Å². The quantitative estimate of drug-likeness (QED) is 0.432. The molecule has 7 heteroatoms. The maximum Gasteiger partial charge on any atom is 0.425 e. The fraction of sp³-hybridized carbons (Fsp3) is 0.464. The van der Waals surface area contributed by atoms with Crippen molar-refractivity contribution in [1.82, 2.24) is 4.90 Å². The molecule has 35 heavy (non-hydrogen) atoms. The molecule has 0 bridgehead atoms. The largest absolute Gasteiger partial charge is 0.425 e. The molecule has 0 atom stereocenters. The van der Waals surface area contributed by atoms with Crippen LogP contribution >= 0.6 is 0 Å². The predicted molar refractivity (Wildman–Crippen MR) is 130 cm³/mol. The number of amides is 2. The summed E-state index contributed by atoms with van der Waals surface area (Å²) in [5, 5.41) is 8.72. The molecule has 0 heterocycles. The van der Waals surface area contributed by atoms with Gasteiger partial charge in [0.05, 0.1) is 0 Å². The predicted octanol–water partition coefficient (Wildman–Crippen LogP) is 6.69. The Bertz CT molecular complexity index is 938. The maximum absolute atomic E-state index is 13.1. The number of para-hydroxylation sites is 2. The number of nitriles is 1. The molecule has 0 unspecified atom stereocenters. The Balaban J connectivity index is 1.36. The first kappa shape index (κ1) is 24.6. The topological polar surface area (TPSA) is 88.9 Å². The van der Waals surface area contributed by atoms with E-state index in [0.717, 1.165) is 62.7 Å². The first-order valence-corrected chi connectivity index (χ1v) is 12.5. The Morgan fingerprint density at radius 1 is 0.743 bits per heavy atom. The molecule has 0 aliphatic heterocycles. The van der Waals surface area contributed by atoms with Crippen molar-refractivity contribution >= 4 is 12.2 Å². The lowest BCUT2D eigenvalue weighted by Crippen LogP contribution is -2.49. The van der Waals surface area contributed by atoms with Gasteiger partial charge in [0.15, 0.2) is 0 Å². The van der Waals surface area contributed by atoms with Crippen LogP contribution in [0.3, 0.4) is 0 Å². The van der Waals surface area contributed by atoms with E-state index in [1.54, 1.807) is 48.5 Å². The Hall–Kier alpha value is -3.53. The summed E-state index contributed by atoms with van der Waals surface area (Å²) in [6.07, 6.45) is 9.04. The molecule has 2 aliphatic rings. The number of benzene rings is 2. The van der Waals surface area contributed by atoms with Crippen molar-refractivity contribution in [3.8, 4) is 17.8 Å². The molecule has 2 amide bonds. The highest BCUT2D eigenvalue weighted by Crippen LogP contribution is 2.37. The lowest BCUT2D eigenvalue weighted by atomic mass is 9.76. The summed E-state index contributed by atoms with van der Waals surface area (Å²) in [7, 11) is 0. The van der Waals surface area contributed by atoms with Crippen LogP contribution in [0.1, 0.15) is 57.8 Å². The molecule has 2 fully saturated rings. The lowest BCUT2D eigenvalue weighted by molar-refractivity contribution is 0.0825. The zero-order chi connectivity index (χ0) is 24.5. The molecular weight excluding hydrogens is 444 g/mol. The number of nitrogens with zero attached hydrogens (tertiary/aromatic N) is 2. The van der Waals surface area contributed by atoms with Gasteiger partial charge in [-0.05, 0) is 93.9 Å². The lowest BCUT2D eigenvalue weighted by Gasteiger charge is -2.36. The fourth-order valence-corrected chi connectivity index (χ4v) is 5.32. The minimum atomic E-state index is -0.712. The second-order valence-corrected chi connectivity index (χ2v) is 9.49. The summed E-state index contributed by atoms with van der Waals surface area (Å²) < 4.78 is 16.1. The molecule has 2 aromatic rings. The van der Waals surface area contributed by atoms with Crippen molar-refractivity contribution in [2.75, 3.05) is 0 Å². The van der Waals surface area contributed by atoms with Gasteiger partial charge in [-0.2, -0.15) is 5.26 Å². The zero-order valence-electron chi connectivity index (χ0n) is 19.9. The summed E-state index contributed by atoms with van der Waals surface area (Å²) in [4.78, 5) is 27.3. The summed E-state index contributed by atoms with van der Waals surface area (Å²) in [6.45, 7) is 0. The van der Waals surface area contributed by atoms with Crippen LogP contribution in [0.25, 0.3) is 0 Å². The second kappa shape index (κ2) is 12.3. The van der Waals surface area contributed by atoms with Gasteiger partial charge in [-0.3, -0.25) is 0 Å². The Kier molecular flexibility index (Phi) is 8.61. The van der Waals surface area contributed by atoms with E-state index in [-0.39, 0.29) is 12.1 Å². The monoisotopic (exact) mass is 476 g/mol. The van der Waals surface area contributed by atoms with Gasteiger partial charge in [-0.15, -0.1) is 0 Å². The molecule has 0 radical (unpaired) electrons. The van der Waals surface area contributed by atoms with Crippen LogP contribution in [0, 0.1) is 23.4 Å². The SMILES string of the molecule is N#COC1CCC(CC2CCC(N(C(=O)Oc3ccccc3)C(=O)Oc3ccccc3)CC2)CC1. The van der Waals surface area contributed by atoms with Gasteiger partial charge >= 0.3 is 12.2 Å². The van der Waals surface area contributed by atoms with Crippen molar-refractivity contribution in [3.63, 3.8) is 0 Å². The number of carbonyl (C=O) groups excluding carboxylic acids is 2. The average Bonchev–Trinajstić information content (AvgIpc) is 2.88. The summed E-state index contributed by atoms with van der Waals surface area (Å²) in [5.41, 5.74) is 0. The van der Waals surface area contributed by atoms with E-state index in [1.807, 2.05) is 18.4 Å². The summed E-state index contributed by atoms with van der Waals surface area (Å²) >= 11 is 0. The van der Waals surface area contributed by atoms with E-state index in [1.165, 1.54) is 0 Å². The average molecular weight is 477 g/mol. The highest BCUT2D eigenvalue weighted by atomic mass is 16.6. The number of rotatable bonds is 6. The fourth-order valence-electron chi connectivity index (χ4n) is 5.32. The number of hydrogen-bond acceptors (Lipinski definition) is 6. The zero-order valence-corrected chi connectivity index (χ0v) is 19.9. The number of imide groups is 1. The van der Waals surface area contributed by atoms with E-state index < -0.39 is 12.2 Å². The Morgan fingerprint density at radius 2 is 1.20 bits per heavy atom. The van der Waals surface area contributed by atoms with Crippen molar-refractivity contribution < 1.29 is 23.8 Å². The summed E-state index contributed by atoms with van der Waals surface area (Å²) in [6, 6.07) is 17.3. The van der Waals surface area contributed by atoms with Gasteiger partial charge in [0.2, 0.25) is 0 Å². The minimum absolute atomic E-state index is 0.0757. The first-order chi connectivity index (χ1) is 17.1. The first-order valence-electron chi connectivity index (χ1n) is 12.5. The van der Waals surface area contributed by atoms with Crippen LogP contribution < -0.4 is 9.47 Å². The van der Waals surface area contributed by atoms with E-state index in [0.29, 0.717) is 23.3 Å². The molecule has 0 spiro atoms. The van der Waals surface area contributed by atoms with Crippen molar-refractivity contribution in [1.29, 1.82) is 5.26 Å². The van der Waals surface area contributed by atoms with E-state index >= 15 is 0 Å². The molecule has 0 saturated heterocycles. The third-order valence-corrected chi connectivity index (χ3v) is 7.15. The number of carbonyl (C=O) groups is 2. The van der Waals surface area contributed by atoms with Crippen LogP contribution in [-0.2, 0) is 4.74 Å². The second-order valence-electron chi connectivity index (χ2n) is 9.49. The van der Waals surface area contributed by atoms with E-state index in [2.05, 4.69) is 0 Å². The number of hydrogen-bond donors (Lipinski definition) is 0. The highest BCUT2D eigenvalue weighted by molar-refractivity contribution is 5.90. The molecule has 0 N–H and O–H groups in total. The standard InChI is InChI=1S/C28H32N2O5/c29-20-33-24-17-13-22(14-18-24)19-21-11-15-23(16-12-21)30(27(31)34-25-7-3-1-4-8-25)28(32)35-26-9-5-2-6-10-26/h1-10,21-24H,11-19H2. The summed E-state index contributed by atoms with van der Waals surface area (Å²) in [5.74, 6) is 2.00. The molecule has 7 nitrogen and oxygen atoms in total. The van der Waals surface area contributed by atoms with E-state index in [4.69, 9.17) is 19.5 Å². The normalized spacial score (nSPS) is 24.0. The maximum atomic E-state index is 13.1. The molecule has 0 aromatic heterocycles. The van der Waals surface area contributed by atoms with Crippen LogP contribution in [0.2, 0.25) is 0 Å². The van der Waals surface area contributed by atoms with Gasteiger partial charge in [0.25, 0.3) is 6.26 Å². The van der Waals surface area contributed by atoms with Crippen molar-refractivity contribution in [2.24, 2.45) is 11.8 Å². The van der Waals surface area contributed by atoms with Gasteiger partial charge in [-0.25, -0.2) is 14.5 Å². The third-order valence-electron chi connectivity index (χ3n) is 7.15. The van der Waals surface area contributed by atoms with Gasteiger partial charge < -0.3 is 14.2 Å². The highest BCUT2D eigenvalue weighted by Gasteiger charge is 2.37. The van der Waals surface area contributed by atoms with Gasteiger partial charge in [0, 0.05) is 6.04 Å². The molecule has 4 rings (SSSR count). The van der Waals surface area contributed by atoms with Crippen LogP contribution in [0.15, 0.2) is 60.7 Å². The Labute approximate surface area is 206 Å². The number of ether oxygens (including phenoxy) is 3. The Morgan fingerprint density at radius 3 is 1.66 bits per heavy atom. The third kappa shape index (κ3) is 6.98. The smallest absolute Gasteiger partial charge is 0.424 e. The minimum Gasteiger partial charge on any atom is -0.424 e. The molecular formula is C28H32N2O5. The van der Waals surface area contributed by atoms with Crippen molar-refractivity contribution in [2.45, 2.75) is 69.9 Å². The van der Waals surface area contributed by atoms with Crippen LogP contribution in [-0.4, -0.2) is 29.2 Å². The molecule has 184 valence electrons.